The molecule has 9 N–H and O–H groups in total. The maximum atomic E-state index is 13.1. The highest BCUT2D eigenvalue weighted by molar-refractivity contribution is 6.00. The summed E-state index contributed by atoms with van der Waals surface area (Å²) < 4.78 is 1.96. The van der Waals surface area contributed by atoms with E-state index >= 15 is 0 Å². The van der Waals surface area contributed by atoms with Gasteiger partial charge in [0.05, 0.1) is 0 Å². The van der Waals surface area contributed by atoms with Crippen LogP contribution in [-0.4, -0.2) is 34.9 Å². The molecule has 3 rings (SSSR count). The number of nitrogens with zero attached hydrogens (tertiary/aromatic N) is 2. The Morgan fingerprint density at radius 1 is 1.03 bits per heavy atom. The summed E-state index contributed by atoms with van der Waals surface area (Å²) in [7, 11) is 0. The second kappa shape index (κ2) is 10.3. The van der Waals surface area contributed by atoms with Gasteiger partial charge in [0, 0.05) is 29.7 Å². The molecule has 0 saturated carbocycles. The molecule has 1 aromatic heterocycles. The number of carbonyl (C=O) groups is 2. The zero-order chi connectivity index (χ0) is 23.1. The number of amides is 2. The van der Waals surface area contributed by atoms with Gasteiger partial charge in [0.25, 0.3) is 5.91 Å². The SMILES string of the molecule is NC(=O)[C@H](CCCN=C(N)N)NC(=O)c1cc2ccccc2n1CCc1ccc(N)cc1. The molecular formula is C23H29N7O2. The number of nitrogen functional groups attached to an aromatic ring is 1. The third-order valence-electron chi connectivity index (χ3n) is 5.24. The third-order valence-corrected chi connectivity index (χ3v) is 5.24. The van der Waals surface area contributed by atoms with Crippen molar-refractivity contribution in [3.8, 4) is 0 Å². The van der Waals surface area contributed by atoms with Gasteiger partial charge in [-0.25, -0.2) is 0 Å². The number of aliphatic imine (C=N–C) groups is 1. The van der Waals surface area contributed by atoms with Gasteiger partial charge < -0.3 is 32.8 Å². The van der Waals surface area contributed by atoms with Crippen LogP contribution in [0.5, 0.6) is 0 Å². The van der Waals surface area contributed by atoms with Crippen LogP contribution in [0.1, 0.15) is 28.9 Å². The molecule has 0 aliphatic rings. The molecule has 32 heavy (non-hydrogen) atoms. The van der Waals surface area contributed by atoms with Crippen molar-refractivity contribution >= 4 is 34.4 Å². The van der Waals surface area contributed by atoms with Crippen LogP contribution >= 0.6 is 0 Å². The minimum atomic E-state index is -0.819. The molecular weight excluding hydrogens is 406 g/mol. The molecule has 0 spiro atoms. The highest BCUT2D eigenvalue weighted by Gasteiger charge is 2.22. The van der Waals surface area contributed by atoms with Crippen molar-refractivity contribution in [1.82, 2.24) is 9.88 Å². The van der Waals surface area contributed by atoms with Crippen LogP contribution in [-0.2, 0) is 17.8 Å². The average Bonchev–Trinajstić information content (AvgIpc) is 3.14. The summed E-state index contributed by atoms with van der Waals surface area (Å²) in [5.41, 5.74) is 25.1. The molecule has 9 heteroatoms. The molecule has 2 amide bonds. The highest BCUT2D eigenvalue weighted by atomic mass is 16.2. The molecule has 9 nitrogen and oxygen atoms in total. The van der Waals surface area contributed by atoms with Gasteiger partial charge in [-0.15, -0.1) is 0 Å². The maximum absolute atomic E-state index is 13.1. The fraction of sp³-hybridized carbons (Fsp3) is 0.261. The van der Waals surface area contributed by atoms with E-state index in [9.17, 15) is 9.59 Å². The summed E-state index contributed by atoms with van der Waals surface area (Å²) >= 11 is 0. The first kappa shape index (κ1) is 22.7. The molecule has 0 fully saturated rings. The smallest absolute Gasteiger partial charge is 0.268 e. The van der Waals surface area contributed by atoms with E-state index in [1.54, 1.807) is 0 Å². The van der Waals surface area contributed by atoms with Crippen molar-refractivity contribution in [1.29, 1.82) is 0 Å². The number of anilines is 1. The van der Waals surface area contributed by atoms with Gasteiger partial charge in [0.1, 0.15) is 11.7 Å². The molecule has 0 saturated heterocycles. The second-order valence-electron chi connectivity index (χ2n) is 7.61. The second-order valence-corrected chi connectivity index (χ2v) is 7.61. The average molecular weight is 436 g/mol. The van der Waals surface area contributed by atoms with E-state index in [0.717, 1.165) is 22.9 Å². The monoisotopic (exact) mass is 435 g/mol. The van der Waals surface area contributed by atoms with Gasteiger partial charge in [-0.1, -0.05) is 30.3 Å². The standard InChI is InChI=1S/C23H29N7O2/c24-17-9-7-15(8-10-17)11-13-30-19-6-2-1-4-16(19)14-20(30)22(32)29-18(21(25)31)5-3-12-28-23(26)27/h1-2,4,6-10,14,18H,3,5,11-13,24H2,(H2,25,31)(H,29,32)(H4,26,27,28)/t18-/m0/s1. The van der Waals surface area contributed by atoms with Gasteiger partial charge in [0.15, 0.2) is 5.96 Å². The molecule has 168 valence electrons. The number of aromatic nitrogens is 1. The van der Waals surface area contributed by atoms with Gasteiger partial charge in [-0.05, 0) is 49.1 Å². The summed E-state index contributed by atoms with van der Waals surface area (Å²) in [5.74, 6) is -0.980. The zero-order valence-corrected chi connectivity index (χ0v) is 17.8. The number of rotatable bonds is 10. The molecule has 0 radical (unpaired) electrons. The number of guanidine groups is 1. The molecule has 0 bridgehead atoms. The van der Waals surface area contributed by atoms with Gasteiger partial charge in [-0.2, -0.15) is 0 Å². The summed E-state index contributed by atoms with van der Waals surface area (Å²) in [4.78, 5) is 28.9. The topological polar surface area (TPSA) is 168 Å². The van der Waals surface area contributed by atoms with Crippen LogP contribution in [0.25, 0.3) is 10.9 Å². The van der Waals surface area contributed by atoms with Gasteiger partial charge in [-0.3, -0.25) is 14.6 Å². The van der Waals surface area contributed by atoms with Crippen LogP contribution in [0.4, 0.5) is 5.69 Å². The zero-order valence-electron chi connectivity index (χ0n) is 17.8. The van der Waals surface area contributed by atoms with Crippen molar-refractivity contribution in [2.45, 2.75) is 31.8 Å². The number of nitrogens with two attached hydrogens (primary N) is 4. The van der Waals surface area contributed by atoms with E-state index in [1.807, 2.05) is 59.2 Å². The normalized spacial score (nSPS) is 11.8. The number of hydrogen-bond acceptors (Lipinski definition) is 4. The predicted molar refractivity (Wildman–Crippen MR) is 127 cm³/mol. The Kier molecular flexibility index (Phi) is 7.33. The van der Waals surface area contributed by atoms with E-state index in [0.29, 0.717) is 37.3 Å². The Morgan fingerprint density at radius 3 is 2.44 bits per heavy atom. The van der Waals surface area contributed by atoms with Crippen molar-refractivity contribution in [3.63, 3.8) is 0 Å². The minimum absolute atomic E-state index is 0.0183. The Morgan fingerprint density at radius 2 is 1.75 bits per heavy atom. The Balaban J connectivity index is 1.79. The van der Waals surface area contributed by atoms with Gasteiger partial charge in [0.2, 0.25) is 5.91 Å². The molecule has 2 aromatic carbocycles. The van der Waals surface area contributed by atoms with Crippen molar-refractivity contribution in [2.24, 2.45) is 22.2 Å². The van der Waals surface area contributed by atoms with Crippen molar-refractivity contribution < 1.29 is 9.59 Å². The predicted octanol–water partition coefficient (Wildman–Crippen LogP) is 1.10. The van der Waals surface area contributed by atoms with Crippen LogP contribution < -0.4 is 28.3 Å². The lowest BCUT2D eigenvalue weighted by Crippen LogP contribution is -2.45. The maximum Gasteiger partial charge on any atom is 0.268 e. The van der Waals surface area contributed by atoms with Crippen LogP contribution in [0.3, 0.4) is 0 Å². The number of aryl methyl sites for hydroxylation is 2. The van der Waals surface area contributed by atoms with Crippen LogP contribution in [0.15, 0.2) is 59.6 Å². The highest BCUT2D eigenvalue weighted by Crippen LogP contribution is 2.21. The van der Waals surface area contributed by atoms with Gasteiger partial charge >= 0.3 is 0 Å². The molecule has 1 atom stereocenters. The fourth-order valence-corrected chi connectivity index (χ4v) is 3.59. The molecule has 0 aliphatic heterocycles. The van der Waals surface area contributed by atoms with E-state index in [-0.39, 0.29) is 11.9 Å². The number of fused-ring (bicyclic) bond motifs is 1. The van der Waals surface area contributed by atoms with E-state index in [4.69, 9.17) is 22.9 Å². The van der Waals surface area contributed by atoms with Crippen molar-refractivity contribution in [2.75, 3.05) is 12.3 Å². The largest absolute Gasteiger partial charge is 0.399 e. The quantitative estimate of drug-likeness (QED) is 0.139. The summed E-state index contributed by atoms with van der Waals surface area (Å²) in [6.45, 7) is 0.940. The first-order valence-corrected chi connectivity index (χ1v) is 10.4. The lowest BCUT2D eigenvalue weighted by atomic mass is 10.1. The Labute approximate surface area is 186 Å². The number of para-hydroxylation sites is 1. The summed E-state index contributed by atoms with van der Waals surface area (Å²) in [5, 5.41) is 3.71. The van der Waals surface area contributed by atoms with E-state index in [2.05, 4.69) is 10.3 Å². The van der Waals surface area contributed by atoms with Crippen molar-refractivity contribution in [3.05, 3.63) is 65.9 Å². The molecule has 0 aliphatic carbocycles. The molecule has 1 heterocycles. The third kappa shape index (κ3) is 5.78. The van der Waals surface area contributed by atoms with E-state index in [1.165, 1.54) is 0 Å². The first-order chi connectivity index (χ1) is 15.3. The fourth-order valence-electron chi connectivity index (χ4n) is 3.59. The summed E-state index contributed by atoms with van der Waals surface area (Å²) in [6, 6.07) is 16.4. The molecule has 3 aromatic rings. The number of primary amides is 1. The Bertz CT molecular complexity index is 1120. The lowest BCUT2D eigenvalue weighted by molar-refractivity contribution is -0.120. The Hall–Kier alpha value is -4.01. The minimum Gasteiger partial charge on any atom is -0.399 e. The lowest BCUT2D eigenvalue weighted by Gasteiger charge is -2.16. The number of hydrogen-bond donors (Lipinski definition) is 5. The first-order valence-electron chi connectivity index (χ1n) is 10.4. The molecule has 0 unspecified atom stereocenters. The van der Waals surface area contributed by atoms with E-state index < -0.39 is 11.9 Å². The van der Waals surface area contributed by atoms with Crippen LogP contribution in [0, 0.1) is 0 Å². The number of carbonyl (C=O) groups excluding carboxylic acids is 2. The van der Waals surface area contributed by atoms with Crippen LogP contribution in [0.2, 0.25) is 0 Å². The number of nitrogens with one attached hydrogen (secondary N) is 1. The summed E-state index contributed by atoms with van der Waals surface area (Å²) in [6.07, 6.45) is 1.56. The number of benzene rings is 2.